The van der Waals surface area contributed by atoms with Crippen molar-refractivity contribution in [2.75, 3.05) is 11.9 Å². The van der Waals surface area contributed by atoms with Crippen LogP contribution in [0.5, 0.6) is 0 Å². The van der Waals surface area contributed by atoms with Crippen molar-refractivity contribution < 1.29 is 24.6 Å². The van der Waals surface area contributed by atoms with Gasteiger partial charge in [-0.15, -0.1) is 11.3 Å². The topological polar surface area (TPSA) is 128 Å². The van der Waals surface area contributed by atoms with E-state index in [1.54, 1.807) is 6.92 Å². The number of thiol groups is 1. The van der Waals surface area contributed by atoms with Gasteiger partial charge in [0.1, 0.15) is 6.54 Å². The summed E-state index contributed by atoms with van der Waals surface area (Å²) in [5.41, 5.74) is 1.82. The number of aliphatic hydroxyl groups is 1. The lowest BCUT2D eigenvalue weighted by atomic mass is 9.93. The molecule has 5 N–H and O–H groups in total. The second kappa shape index (κ2) is 15.0. The third-order valence-electron chi connectivity index (χ3n) is 5.19. The molecule has 12 heteroatoms. The predicted octanol–water partition coefficient (Wildman–Crippen LogP) is 4.42. The highest BCUT2D eigenvalue weighted by Gasteiger charge is 2.20. The molecule has 1 atom stereocenters. The zero-order valence-electron chi connectivity index (χ0n) is 19.1. The van der Waals surface area contributed by atoms with Crippen LogP contribution in [0.1, 0.15) is 47.8 Å². The number of aliphatic carboxylic acids is 1. The van der Waals surface area contributed by atoms with E-state index in [0.29, 0.717) is 17.5 Å². The number of hydrogen-bond donors (Lipinski definition) is 6. The molecule has 2 aromatic rings. The van der Waals surface area contributed by atoms with Gasteiger partial charge < -0.3 is 26.2 Å². The van der Waals surface area contributed by atoms with Gasteiger partial charge in [0.05, 0.1) is 21.9 Å². The highest BCUT2D eigenvalue weighted by molar-refractivity contribution is 9.11. The first kappa shape index (κ1) is 29.8. The van der Waals surface area contributed by atoms with E-state index in [2.05, 4.69) is 60.4 Å². The number of hydrogen-bond acceptors (Lipinski definition) is 7. The summed E-state index contributed by atoms with van der Waals surface area (Å²) in [6, 6.07) is 8.06. The third-order valence-corrected chi connectivity index (χ3v) is 7.38. The van der Waals surface area contributed by atoms with Crippen molar-refractivity contribution in [2.45, 2.75) is 56.5 Å². The number of thiophene rings is 1. The maximum atomic E-state index is 12.4. The molecule has 35 heavy (non-hydrogen) atoms. The van der Waals surface area contributed by atoms with Gasteiger partial charge in [0.25, 0.3) is 5.91 Å². The lowest BCUT2D eigenvalue weighted by Gasteiger charge is -2.27. The molecule has 1 aromatic heterocycles. The molecule has 1 fully saturated rings. The van der Waals surface area contributed by atoms with Crippen LogP contribution in [-0.2, 0) is 16.1 Å². The summed E-state index contributed by atoms with van der Waals surface area (Å²) in [5, 5.41) is 27.9. The highest BCUT2D eigenvalue weighted by Crippen LogP contribution is 2.32. The number of benzene rings is 1. The maximum absolute atomic E-state index is 12.4. The number of aliphatic hydroxyl groups excluding tert-OH is 1. The molecular formula is C23H29Br2N3O5S2. The van der Waals surface area contributed by atoms with Gasteiger partial charge >= 0.3 is 5.97 Å². The van der Waals surface area contributed by atoms with E-state index in [4.69, 9.17) is 5.11 Å². The molecule has 192 valence electrons. The summed E-state index contributed by atoms with van der Waals surface area (Å²) in [4.78, 5) is 33.6. The first-order valence-electron chi connectivity index (χ1n) is 11.0. The molecule has 1 aliphatic rings. The van der Waals surface area contributed by atoms with Gasteiger partial charge in [-0.3, -0.25) is 14.4 Å². The number of halogens is 2. The summed E-state index contributed by atoms with van der Waals surface area (Å²) in [6.07, 6.45) is 3.50. The number of anilines is 1. The van der Waals surface area contributed by atoms with Crippen LogP contribution in [0, 0.1) is 0 Å². The molecule has 3 rings (SSSR count). The van der Waals surface area contributed by atoms with Crippen LogP contribution in [0.4, 0.5) is 5.69 Å². The van der Waals surface area contributed by atoms with E-state index in [1.165, 1.54) is 11.3 Å². The zero-order valence-corrected chi connectivity index (χ0v) is 24.0. The largest absolute Gasteiger partial charge is 0.480 e. The molecule has 0 aliphatic heterocycles. The van der Waals surface area contributed by atoms with Crippen LogP contribution in [-0.4, -0.2) is 51.9 Å². The number of carboxylic acid groups (broad SMARTS) is 1. The van der Waals surface area contributed by atoms with E-state index in [-0.39, 0.29) is 24.5 Å². The van der Waals surface area contributed by atoms with Crippen LogP contribution in [0.2, 0.25) is 0 Å². The normalized spacial score (nSPS) is 18.1. The van der Waals surface area contributed by atoms with Crippen molar-refractivity contribution in [1.82, 2.24) is 10.6 Å². The van der Waals surface area contributed by atoms with Crippen LogP contribution in [0.3, 0.4) is 0 Å². The lowest BCUT2D eigenvalue weighted by Crippen LogP contribution is -2.34. The Bertz CT molecular complexity index is 997. The first-order valence-corrected chi connectivity index (χ1v) is 14.0. The average Bonchev–Trinajstić information content (AvgIpc) is 3.34. The molecule has 8 nitrogen and oxygen atoms in total. The Morgan fingerprint density at radius 2 is 1.89 bits per heavy atom. The van der Waals surface area contributed by atoms with E-state index in [0.717, 1.165) is 45.9 Å². The standard InChI is InChI=1S/C18H20Br2N2O2S.C5H9NO3S/c19-12-8-11(10-21-13-3-5-14(23)6-4-13)17(15(20)9-12)22-18(24)16-2-1-7-25-16;1-3(10)5(9)6-2-4(7)8/h1-2,7-9,13-14,21,23H,3-6,10H2,(H,22,24);3,10H,2H2,1H3,(H,6,9)(H,7,8)/t13-,14-;. The SMILES string of the molecule is CC(S)C(=O)NCC(=O)O.O=C(Nc1c(Br)cc(Br)cc1CN[C@H]1CC[C@H](O)CC1)c1cccs1. The van der Waals surface area contributed by atoms with E-state index in [9.17, 15) is 19.5 Å². The third kappa shape index (κ3) is 10.6. The van der Waals surface area contributed by atoms with Crippen LogP contribution in [0.15, 0.2) is 38.6 Å². The number of rotatable bonds is 8. The van der Waals surface area contributed by atoms with Crippen LogP contribution in [0.25, 0.3) is 0 Å². The van der Waals surface area contributed by atoms with E-state index >= 15 is 0 Å². The molecule has 1 heterocycles. The molecule has 0 bridgehead atoms. The van der Waals surface area contributed by atoms with Crippen molar-refractivity contribution in [3.63, 3.8) is 0 Å². The van der Waals surface area contributed by atoms with E-state index in [1.807, 2.05) is 29.6 Å². The van der Waals surface area contributed by atoms with Gasteiger partial charge in [0.2, 0.25) is 5.91 Å². The molecule has 0 spiro atoms. The molecule has 0 saturated heterocycles. The minimum atomic E-state index is -1.05. The van der Waals surface area contributed by atoms with Crippen molar-refractivity contribution in [3.05, 3.63) is 49.0 Å². The number of nitrogens with one attached hydrogen (secondary N) is 3. The average molecular weight is 651 g/mol. The van der Waals surface area contributed by atoms with Crippen LogP contribution < -0.4 is 16.0 Å². The quantitative estimate of drug-likeness (QED) is 0.235. The summed E-state index contributed by atoms with van der Waals surface area (Å²) < 4.78 is 1.81. The Morgan fingerprint density at radius 1 is 1.20 bits per heavy atom. The molecule has 2 amide bonds. The van der Waals surface area contributed by atoms with Gasteiger partial charge in [0, 0.05) is 21.5 Å². The van der Waals surface area contributed by atoms with E-state index < -0.39 is 11.2 Å². The Morgan fingerprint density at radius 3 is 2.46 bits per heavy atom. The second-order valence-corrected chi connectivity index (χ2v) is 11.5. The summed E-state index contributed by atoms with van der Waals surface area (Å²) in [6.45, 7) is 1.89. The number of carbonyl (C=O) groups is 3. The zero-order chi connectivity index (χ0) is 26.0. The first-order chi connectivity index (χ1) is 16.6. The van der Waals surface area contributed by atoms with Gasteiger partial charge in [-0.25, -0.2) is 0 Å². The van der Waals surface area contributed by atoms with Gasteiger partial charge in [-0.05, 0) is 77.7 Å². The van der Waals surface area contributed by atoms with Crippen molar-refractivity contribution in [1.29, 1.82) is 0 Å². The van der Waals surface area contributed by atoms with Crippen LogP contribution >= 0.6 is 55.8 Å². The van der Waals surface area contributed by atoms with Crippen molar-refractivity contribution in [3.8, 4) is 0 Å². The molecule has 1 aromatic carbocycles. The Kier molecular flexibility index (Phi) is 12.7. The fourth-order valence-electron chi connectivity index (χ4n) is 3.33. The molecule has 0 radical (unpaired) electrons. The fourth-order valence-corrected chi connectivity index (χ4v) is 5.46. The molecule has 1 unspecified atom stereocenters. The van der Waals surface area contributed by atoms with Gasteiger partial charge in [-0.1, -0.05) is 22.0 Å². The summed E-state index contributed by atoms with van der Waals surface area (Å²) in [7, 11) is 0. The summed E-state index contributed by atoms with van der Waals surface area (Å²) in [5.74, 6) is -1.52. The predicted molar refractivity (Wildman–Crippen MR) is 148 cm³/mol. The molecular weight excluding hydrogens is 622 g/mol. The Hall–Kier alpha value is -1.44. The van der Waals surface area contributed by atoms with Gasteiger partial charge in [0.15, 0.2) is 0 Å². The van der Waals surface area contributed by atoms with Crippen molar-refractivity contribution in [2.24, 2.45) is 0 Å². The minimum Gasteiger partial charge on any atom is -0.480 e. The molecule has 1 saturated carbocycles. The number of carboxylic acids is 1. The second-order valence-electron chi connectivity index (χ2n) is 8.03. The fraction of sp³-hybridized carbons (Fsp3) is 0.435. The summed E-state index contributed by atoms with van der Waals surface area (Å²) >= 11 is 12.3. The van der Waals surface area contributed by atoms with Crippen molar-refractivity contribution >= 4 is 79.3 Å². The monoisotopic (exact) mass is 649 g/mol. The smallest absolute Gasteiger partial charge is 0.322 e. The Labute approximate surface area is 230 Å². The molecule has 1 aliphatic carbocycles. The highest BCUT2D eigenvalue weighted by atomic mass is 79.9. The maximum Gasteiger partial charge on any atom is 0.322 e. The minimum absolute atomic E-state index is 0.0972. The Balaban J connectivity index is 0.000000367. The number of amides is 2. The number of carbonyl (C=O) groups excluding carboxylic acids is 2. The van der Waals surface area contributed by atoms with Gasteiger partial charge in [-0.2, -0.15) is 12.6 Å². The lowest BCUT2D eigenvalue weighted by molar-refractivity contribution is -0.137.